The van der Waals surface area contributed by atoms with E-state index in [1.807, 2.05) is 31.2 Å². The molecule has 1 aromatic heterocycles. The summed E-state index contributed by atoms with van der Waals surface area (Å²) in [5.74, 6) is -0.230. The normalized spacial score (nSPS) is 11.2. The lowest BCUT2D eigenvalue weighted by molar-refractivity contribution is -0.116. The number of primary amides is 1. The van der Waals surface area contributed by atoms with Crippen molar-refractivity contribution in [3.8, 4) is 22.4 Å². The predicted molar refractivity (Wildman–Crippen MR) is 108 cm³/mol. The lowest BCUT2D eigenvalue weighted by Crippen LogP contribution is -2.22. The van der Waals surface area contributed by atoms with Gasteiger partial charge in [-0.3, -0.25) is 4.79 Å². The fraction of sp³-hybridized carbons (Fsp3) is 0.150. The van der Waals surface area contributed by atoms with E-state index in [1.54, 1.807) is 30.5 Å². The van der Waals surface area contributed by atoms with Gasteiger partial charge in [-0.15, -0.1) is 0 Å². The fourth-order valence-corrected chi connectivity index (χ4v) is 3.29. The van der Waals surface area contributed by atoms with Gasteiger partial charge in [0.1, 0.15) is 0 Å². The molecule has 0 bridgehead atoms. The molecule has 0 aliphatic heterocycles. The highest BCUT2D eigenvalue weighted by molar-refractivity contribution is 7.90. The van der Waals surface area contributed by atoms with Gasteiger partial charge in [-0.25, -0.2) is 18.4 Å². The van der Waals surface area contributed by atoms with E-state index in [9.17, 15) is 13.2 Å². The van der Waals surface area contributed by atoms with Gasteiger partial charge in [-0.05, 0) is 24.6 Å². The molecule has 3 rings (SSSR count). The van der Waals surface area contributed by atoms with Crippen molar-refractivity contribution in [3.05, 3.63) is 60.3 Å². The molecule has 3 N–H and O–H groups in total. The number of benzene rings is 2. The standard InChI is InChI=1S/C20H20N4O3S/c1-13-3-5-15(6-4-13)19-17(11-22-20(24-19)23-12-18(21)25)14-7-9-16(10-8-14)28(2,26)27/h3-11H,12H2,1-2H3,(H2,21,25)(H,22,23,24). The zero-order chi connectivity index (χ0) is 20.3. The minimum absolute atomic E-state index is 0.0737. The van der Waals surface area contributed by atoms with Gasteiger partial charge >= 0.3 is 0 Å². The molecule has 0 aliphatic rings. The van der Waals surface area contributed by atoms with E-state index in [1.165, 1.54) is 6.26 Å². The smallest absolute Gasteiger partial charge is 0.236 e. The van der Waals surface area contributed by atoms with Crippen molar-refractivity contribution in [1.29, 1.82) is 0 Å². The Morgan fingerprint density at radius 3 is 2.21 bits per heavy atom. The number of anilines is 1. The van der Waals surface area contributed by atoms with Crippen LogP contribution in [0.15, 0.2) is 59.6 Å². The summed E-state index contributed by atoms with van der Waals surface area (Å²) in [4.78, 5) is 20.1. The van der Waals surface area contributed by atoms with E-state index in [0.29, 0.717) is 5.69 Å². The van der Waals surface area contributed by atoms with Gasteiger partial charge in [0.05, 0.1) is 17.1 Å². The molecule has 144 valence electrons. The number of sulfone groups is 1. The summed E-state index contributed by atoms with van der Waals surface area (Å²) < 4.78 is 23.4. The van der Waals surface area contributed by atoms with E-state index < -0.39 is 15.7 Å². The van der Waals surface area contributed by atoms with E-state index in [2.05, 4.69) is 15.3 Å². The average molecular weight is 396 g/mol. The molecule has 1 amide bonds. The predicted octanol–water partition coefficient (Wildman–Crippen LogP) is 2.42. The first-order valence-electron chi connectivity index (χ1n) is 8.51. The maximum Gasteiger partial charge on any atom is 0.236 e. The molecule has 0 aliphatic carbocycles. The van der Waals surface area contributed by atoms with Crippen LogP contribution in [0.5, 0.6) is 0 Å². The Morgan fingerprint density at radius 1 is 1.04 bits per heavy atom. The van der Waals surface area contributed by atoms with Crippen LogP contribution in [0.4, 0.5) is 5.95 Å². The molecule has 1 heterocycles. The van der Waals surface area contributed by atoms with Crippen molar-refractivity contribution in [2.45, 2.75) is 11.8 Å². The summed E-state index contributed by atoms with van der Waals surface area (Å²) in [6, 6.07) is 14.4. The molecule has 3 aromatic rings. The number of carbonyl (C=O) groups is 1. The summed E-state index contributed by atoms with van der Waals surface area (Å²) in [5, 5.41) is 2.80. The molecule has 0 spiro atoms. The molecular weight excluding hydrogens is 376 g/mol. The number of carbonyl (C=O) groups excluding carboxylic acids is 1. The third-order valence-corrected chi connectivity index (χ3v) is 5.26. The Balaban J connectivity index is 2.08. The second-order valence-corrected chi connectivity index (χ2v) is 8.45. The van der Waals surface area contributed by atoms with Crippen molar-refractivity contribution in [3.63, 3.8) is 0 Å². The third kappa shape index (κ3) is 4.52. The van der Waals surface area contributed by atoms with Crippen LogP contribution in [-0.2, 0) is 14.6 Å². The van der Waals surface area contributed by atoms with Crippen molar-refractivity contribution in [2.24, 2.45) is 5.73 Å². The van der Waals surface area contributed by atoms with E-state index >= 15 is 0 Å². The molecule has 0 fully saturated rings. The van der Waals surface area contributed by atoms with Gasteiger partial charge in [-0.2, -0.15) is 0 Å². The van der Waals surface area contributed by atoms with Crippen molar-refractivity contribution in [2.75, 3.05) is 18.1 Å². The van der Waals surface area contributed by atoms with E-state index in [4.69, 9.17) is 5.73 Å². The lowest BCUT2D eigenvalue weighted by Gasteiger charge is -2.12. The summed E-state index contributed by atoms with van der Waals surface area (Å²) in [6.45, 7) is 1.92. The van der Waals surface area contributed by atoms with Crippen LogP contribution in [-0.4, -0.2) is 37.1 Å². The SMILES string of the molecule is Cc1ccc(-c2nc(NCC(N)=O)ncc2-c2ccc(S(C)(=O)=O)cc2)cc1. The first-order valence-corrected chi connectivity index (χ1v) is 10.4. The quantitative estimate of drug-likeness (QED) is 0.661. The average Bonchev–Trinajstić information content (AvgIpc) is 2.66. The Hall–Kier alpha value is -3.26. The largest absolute Gasteiger partial charge is 0.368 e. The number of nitrogens with zero attached hydrogens (tertiary/aromatic N) is 2. The van der Waals surface area contributed by atoms with Gasteiger partial charge < -0.3 is 11.1 Å². The maximum atomic E-state index is 11.7. The second-order valence-electron chi connectivity index (χ2n) is 6.44. The Bertz CT molecular complexity index is 1110. The zero-order valence-electron chi connectivity index (χ0n) is 15.5. The third-order valence-electron chi connectivity index (χ3n) is 4.13. The number of rotatable bonds is 6. The fourth-order valence-electron chi connectivity index (χ4n) is 2.66. The van der Waals surface area contributed by atoms with Crippen molar-refractivity contribution < 1.29 is 13.2 Å². The molecule has 8 heteroatoms. The molecule has 0 saturated carbocycles. The number of amides is 1. The summed E-state index contributed by atoms with van der Waals surface area (Å²) in [5.41, 5.74) is 9.34. The summed E-state index contributed by atoms with van der Waals surface area (Å²) in [7, 11) is -3.28. The van der Waals surface area contributed by atoms with Crippen LogP contribution in [0.1, 0.15) is 5.56 Å². The van der Waals surface area contributed by atoms with Gasteiger partial charge in [0.25, 0.3) is 0 Å². The Kier molecular flexibility index (Phi) is 5.41. The minimum atomic E-state index is -3.28. The Morgan fingerprint density at radius 2 is 1.64 bits per heavy atom. The number of aryl methyl sites for hydroxylation is 1. The maximum absolute atomic E-state index is 11.7. The highest BCUT2D eigenvalue weighted by Crippen LogP contribution is 2.31. The lowest BCUT2D eigenvalue weighted by atomic mass is 10.0. The molecular formula is C20H20N4O3S. The number of nitrogens with two attached hydrogens (primary N) is 1. The number of nitrogens with one attached hydrogen (secondary N) is 1. The Labute approximate surface area is 163 Å². The molecule has 0 radical (unpaired) electrons. The minimum Gasteiger partial charge on any atom is -0.368 e. The highest BCUT2D eigenvalue weighted by Gasteiger charge is 2.14. The van der Waals surface area contributed by atoms with Crippen molar-refractivity contribution in [1.82, 2.24) is 9.97 Å². The molecule has 2 aromatic carbocycles. The van der Waals surface area contributed by atoms with Gasteiger partial charge in [-0.1, -0.05) is 42.0 Å². The van der Waals surface area contributed by atoms with Crippen LogP contribution < -0.4 is 11.1 Å². The summed E-state index contributed by atoms with van der Waals surface area (Å²) in [6.07, 6.45) is 2.81. The second kappa shape index (κ2) is 7.77. The molecule has 7 nitrogen and oxygen atoms in total. The van der Waals surface area contributed by atoms with Gasteiger partial charge in [0.15, 0.2) is 9.84 Å². The zero-order valence-corrected chi connectivity index (χ0v) is 16.3. The molecule has 28 heavy (non-hydrogen) atoms. The van der Waals surface area contributed by atoms with Crippen LogP contribution in [0.3, 0.4) is 0 Å². The van der Waals surface area contributed by atoms with Crippen LogP contribution in [0.2, 0.25) is 0 Å². The first kappa shape index (κ1) is 19.5. The number of hydrogen-bond acceptors (Lipinski definition) is 6. The van der Waals surface area contributed by atoms with Crippen LogP contribution >= 0.6 is 0 Å². The number of aromatic nitrogens is 2. The number of hydrogen-bond donors (Lipinski definition) is 2. The van der Waals surface area contributed by atoms with E-state index in [-0.39, 0.29) is 17.4 Å². The first-order chi connectivity index (χ1) is 13.2. The highest BCUT2D eigenvalue weighted by atomic mass is 32.2. The topological polar surface area (TPSA) is 115 Å². The molecule has 0 saturated heterocycles. The van der Waals surface area contributed by atoms with Crippen LogP contribution in [0.25, 0.3) is 22.4 Å². The molecule has 0 atom stereocenters. The molecule has 0 unspecified atom stereocenters. The summed E-state index contributed by atoms with van der Waals surface area (Å²) >= 11 is 0. The monoisotopic (exact) mass is 396 g/mol. The van der Waals surface area contributed by atoms with E-state index in [0.717, 1.165) is 22.3 Å². The van der Waals surface area contributed by atoms with Crippen molar-refractivity contribution >= 4 is 21.7 Å². The van der Waals surface area contributed by atoms with Gasteiger partial charge in [0.2, 0.25) is 11.9 Å². The van der Waals surface area contributed by atoms with Gasteiger partial charge in [0, 0.05) is 23.6 Å². The van der Waals surface area contributed by atoms with Crippen LogP contribution in [0, 0.1) is 6.92 Å².